The Bertz CT molecular complexity index is 124. The third kappa shape index (κ3) is 6.88. The van der Waals surface area contributed by atoms with E-state index in [1.54, 1.807) is 0 Å². The Morgan fingerprint density at radius 1 is 1.07 bits per heavy atom. The van der Waals surface area contributed by atoms with E-state index < -0.39 is 0 Å². The van der Waals surface area contributed by atoms with Gasteiger partial charge >= 0.3 is 0 Å². The number of hydrogen-bond donors (Lipinski definition) is 0. The summed E-state index contributed by atoms with van der Waals surface area (Å²) in [5, 5.41) is 0. The van der Waals surface area contributed by atoms with Crippen LogP contribution in [0.4, 0.5) is 4.70 Å². The van der Waals surface area contributed by atoms with Crippen LogP contribution in [0, 0.1) is 12.3 Å². The summed E-state index contributed by atoms with van der Waals surface area (Å²) in [5.74, 6) is 0.777. The molecule has 0 saturated carbocycles. The van der Waals surface area contributed by atoms with E-state index in [4.69, 9.17) is 0 Å². The first-order valence-electron chi connectivity index (χ1n) is 6.22. The van der Waals surface area contributed by atoms with Gasteiger partial charge in [-0.05, 0) is 44.7 Å². The molecule has 0 spiro atoms. The van der Waals surface area contributed by atoms with Crippen molar-refractivity contribution < 1.29 is 4.70 Å². The molecule has 15 heavy (non-hydrogen) atoms. The Morgan fingerprint density at radius 2 is 1.60 bits per heavy atom. The molecular formula is C13H29FN. The SMILES string of the molecule is C[CH]C(C)CCC(CC)N(CC)CC.F. The normalized spacial score (nSPS) is 14.8. The molecule has 0 aromatic heterocycles. The minimum atomic E-state index is 0. The van der Waals surface area contributed by atoms with Gasteiger partial charge in [0.25, 0.3) is 0 Å². The van der Waals surface area contributed by atoms with Crippen molar-refractivity contribution in [2.75, 3.05) is 13.1 Å². The molecule has 0 amide bonds. The predicted molar refractivity (Wildman–Crippen MR) is 67.9 cm³/mol. The van der Waals surface area contributed by atoms with Crippen molar-refractivity contribution in [3.05, 3.63) is 6.42 Å². The second kappa shape index (κ2) is 10.4. The minimum absolute atomic E-state index is 0. The summed E-state index contributed by atoms with van der Waals surface area (Å²) >= 11 is 0. The van der Waals surface area contributed by atoms with Gasteiger partial charge in [0.05, 0.1) is 0 Å². The van der Waals surface area contributed by atoms with Crippen LogP contribution in [0.1, 0.15) is 53.9 Å². The molecule has 0 fully saturated rings. The molecule has 0 N–H and O–H groups in total. The standard InChI is InChI=1S/C13H28N.FH/c1-6-12(5)10-11-13(7-2)14(8-3)9-4;/h6,12-13H,7-11H2,1-5H3;1H. The molecule has 0 heterocycles. The van der Waals surface area contributed by atoms with Crippen LogP contribution in [-0.4, -0.2) is 24.0 Å². The molecule has 0 aliphatic carbocycles. The summed E-state index contributed by atoms with van der Waals surface area (Å²) in [6.45, 7) is 13.7. The van der Waals surface area contributed by atoms with Crippen LogP contribution in [0.3, 0.4) is 0 Å². The van der Waals surface area contributed by atoms with Gasteiger partial charge in [0.1, 0.15) is 0 Å². The molecule has 2 heteroatoms. The van der Waals surface area contributed by atoms with Crippen LogP contribution in [0.5, 0.6) is 0 Å². The maximum Gasteiger partial charge on any atom is 0.00925 e. The van der Waals surface area contributed by atoms with Crippen LogP contribution >= 0.6 is 0 Å². The lowest BCUT2D eigenvalue weighted by Gasteiger charge is -2.29. The second-order valence-electron chi connectivity index (χ2n) is 4.17. The summed E-state index contributed by atoms with van der Waals surface area (Å²) in [4.78, 5) is 2.59. The van der Waals surface area contributed by atoms with E-state index in [2.05, 4.69) is 45.9 Å². The van der Waals surface area contributed by atoms with Crippen LogP contribution in [0.25, 0.3) is 0 Å². The molecule has 2 atom stereocenters. The van der Waals surface area contributed by atoms with Crippen LogP contribution in [0.2, 0.25) is 0 Å². The van der Waals surface area contributed by atoms with E-state index in [0.717, 1.165) is 12.0 Å². The molecule has 0 aliphatic rings. The fourth-order valence-corrected chi connectivity index (χ4v) is 2.01. The van der Waals surface area contributed by atoms with Crippen molar-refractivity contribution in [1.29, 1.82) is 0 Å². The first kappa shape index (κ1) is 17.3. The summed E-state index contributed by atoms with van der Waals surface area (Å²) in [6.07, 6.45) is 6.29. The summed E-state index contributed by atoms with van der Waals surface area (Å²) < 4.78 is 0. The molecule has 0 aromatic carbocycles. The predicted octanol–water partition coefficient (Wildman–Crippen LogP) is 3.90. The van der Waals surface area contributed by atoms with Crippen molar-refractivity contribution in [2.24, 2.45) is 5.92 Å². The van der Waals surface area contributed by atoms with Gasteiger partial charge in [-0.25, -0.2) is 0 Å². The zero-order valence-corrected chi connectivity index (χ0v) is 11.1. The van der Waals surface area contributed by atoms with E-state index in [9.17, 15) is 0 Å². The van der Waals surface area contributed by atoms with Gasteiger partial charge in [0, 0.05) is 6.04 Å². The van der Waals surface area contributed by atoms with E-state index in [1.807, 2.05) is 0 Å². The molecular weight excluding hydrogens is 189 g/mol. The van der Waals surface area contributed by atoms with E-state index in [1.165, 1.54) is 32.4 Å². The lowest BCUT2D eigenvalue weighted by atomic mass is 9.97. The Kier molecular flexibility index (Phi) is 12.0. The number of rotatable bonds is 8. The average molecular weight is 218 g/mol. The van der Waals surface area contributed by atoms with Crippen molar-refractivity contribution in [2.45, 2.75) is 59.9 Å². The largest absolute Gasteiger partial charge is 0.301 e. The number of halogens is 1. The Hall–Kier alpha value is -0.110. The van der Waals surface area contributed by atoms with Gasteiger partial charge in [0.15, 0.2) is 0 Å². The third-order valence-electron chi connectivity index (χ3n) is 3.32. The Morgan fingerprint density at radius 3 is 1.93 bits per heavy atom. The highest BCUT2D eigenvalue weighted by Crippen LogP contribution is 2.16. The highest BCUT2D eigenvalue weighted by Gasteiger charge is 2.13. The molecule has 1 nitrogen and oxygen atoms in total. The highest BCUT2D eigenvalue weighted by atomic mass is 19.0. The lowest BCUT2D eigenvalue weighted by Crippen LogP contribution is -2.34. The highest BCUT2D eigenvalue weighted by molar-refractivity contribution is 4.73. The molecule has 0 saturated heterocycles. The molecule has 93 valence electrons. The molecule has 2 unspecified atom stereocenters. The van der Waals surface area contributed by atoms with E-state index in [-0.39, 0.29) is 4.70 Å². The van der Waals surface area contributed by atoms with E-state index >= 15 is 0 Å². The average Bonchev–Trinajstić information content (AvgIpc) is 2.23. The molecule has 0 aromatic rings. The van der Waals surface area contributed by atoms with Gasteiger partial charge in [-0.3, -0.25) is 4.70 Å². The van der Waals surface area contributed by atoms with Gasteiger partial charge in [-0.2, -0.15) is 0 Å². The Balaban J connectivity index is 0. The third-order valence-corrected chi connectivity index (χ3v) is 3.32. The maximum absolute atomic E-state index is 2.59. The monoisotopic (exact) mass is 218 g/mol. The Labute approximate surface area is 95.6 Å². The molecule has 0 rings (SSSR count). The maximum atomic E-state index is 2.59. The van der Waals surface area contributed by atoms with Crippen molar-refractivity contribution in [1.82, 2.24) is 4.90 Å². The van der Waals surface area contributed by atoms with Gasteiger partial charge < -0.3 is 4.90 Å². The van der Waals surface area contributed by atoms with E-state index in [0.29, 0.717) is 0 Å². The molecule has 0 bridgehead atoms. The fourth-order valence-electron chi connectivity index (χ4n) is 2.01. The van der Waals surface area contributed by atoms with Crippen molar-refractivity contribution in [3.8, 4) is 0 Å². The summed E-state index contributed by atoms with van der Waals surface area (Å²) in [5.41, 5.74) is 0. The topological polar surface area (TPSA) is 3.24 Å². The van der Waals surface area contributed by atoms with Gasteiger partial charge in [-0.1, -0.05) is 34.6 Å². The minimum Gasteiger partial charge on any atom is -0.301 e. The number of hydrogen-bond acceptors (Lipinski definition) is 1. The van der Waals surface area contributed by atoms with Gasteiger partial charge in [-0.15, -0.1) is 0 Å². The van der Waals surface area contributed by atoms with Crippen LogP contribution in [-0.2, 0) is 0 Å². The van der Waals surface area contributed by atoms with Crippen molar-refractivity contribution in [3.63, 3.8) is 0 Å². The first-order valence-corrected chi connectivity index (χ1v) is 6.22. The lowest BCUT2D eigenvalue weighted by molar-refractivity contribution is 0.193. The smallest absolute Gasteiger partial charge is 0.00925 e. The molecule has 1 radical (unpaired) electrons. The molecule has 0 aliphatic heterocycles. The zero-order chi connectivity index (χ0) is 11.0. The summed E-state index contributed by atoms with van der Waals surface area (Å²) in [7, 11) is 0. The first-order chi connectivity index (χ1) is 6.69. The zero-order valence-electron chi connectivity index (χ0n) is 11.1. The van der Waals surface area contributed by atoms with Crippen LogP contribution in [0.15, 0.2) is 0 Å². The number of nitrogens with zero attached hydrogens (tertiary/aromatic N) is 1. The van der Waals surface area contributed by atoms with Gasteiger partial charge in [0.2, 0.25) is 0 Å². The van der Waals surface area contributed by atoms with Crippen LogP contribution < -0.4 is 0 Å². The van der Waals surface area contributed by atoms with Crippen molar-refractivity contribution >= 4 is 0 Å². The quantitative estimate of drug-likeness (QED) is 0.597. The summed E-state index contributed by atoms with van der Waals surface area (Å²) in [6, 6.07) is 0.799. The fraction of sp³-hybridized carbons (Fsp3) is 0.923. The second-order valence-corrected chi connectivity index (χ2v) is 4.17.